The summed E-state index contributed by atoms with van der Waals surface area (Å²) < 4.78 is 19.3. The summed E-state index contributed by atoms with van der Waals surface area (Å²) in [5.41, 5.74) is 2.40. The summed E-state index contributed by atoms with van der Waals surface area (Å²) in [5.74, 6) is -1.02. The lowest BCUT2D eigenvalue weighted by molar-refractivity contribution is -0.136. The van der Waals surface area contributed by atoms with E-state index in [2.05, 4.69) is 17.2 Å². The Kier molecular flexibility index (Phi) is 7.55. The number of rotatable bonds is 9. The summed E-state index contributed by atoms with van der Waals surface area (Å²) in [7, 11) is 0. The summed E-state index contributed by atoms with van der Waals surface area (Å²) in [6, 6.07) is 13.3. The zero-order valence-electron chi connectivity index (χ0n) is 21.1. The van der Waals surface area contributed by atoms with Gasteiger partial charge in [0.2, 0.25) is 5.91 Å². The number of amides is 4. The van der Waals surface area contributed by atoms with Gasteiger partial charge in [-0.25, -0.2) is 9.18 Å². The Morgan fingerprint density at radius 2 is 1.95 bits per heavy atom. The number of carbonyl (C=O) groups is 3. The van der Waals surface area contributed by atoms with E-state index in [-0.39, 0.29) is 37.0 Å². The van der Waals surface area contributed by atoms with Crippen molar-refractivity contribution in [3.05, 3.63) is 95.5 Å². The molecule has 0 spiro atoms. The van der Waals surface area contributed by atoms with Crippen LogP contribution in [0.1, 0.15) is 30.0 Å². The first-order chi connectivity index (χ1) is 18.5. The third kappa shape index (κ3) is 5.19. The van der Waals surface area contributed by atoms with E-state index in [1.54, 1.807) is 18.2 Å². The van der Waals surface area contributed by atoms with Gasteiger partial charge in [-0.05, 0) is 36.1 Å². The number of hydrogen-bond acceptors (Lipinski definition) is 4. The number of nitrogens with zero attached hydrogens (tertiary/aromatic N) is 2. The smallest absolute Gasteiger partial charge is 0.322 e. The van der Waals surface area contributed by atoms with Gasteiger partial charge < -0.3 is 20.3 Å². The molecule has 1 saturated heterocycles. The summed E-state index contributed by atoms with van der Waals surface area (Å²) >= 11 is 0. The molecule has 5 rings (SSSR count). The molecule has 3 heterocycles. The van der Waals surface area contributed by atoms with Crippen LogP contribution in [-0.4, -0.2) is 66.0 Å². The standard InChI is InChI=1S/C29H31FN4O4/c1-2-14-33-24-18-34(28(36)25(24)26(32-29(33)37)20-10-12-21(30)13-11-20)23(16-19-7-4-3-5-8-19)27(35)31-17-22-9-6-15-38-22/h2-5,7-8,10-13,22-23,26H,1,6,9,14-18H2,(H,31,35)(H,32,37)/t22-,23-,26+/m0/s1. The maximum absolute atomic E-state index is 14.0. The van der Waals surface area contributed by atoms with E-state index in [4.69, 9.17) is 4.74 Å². The molecule has 8 nitrogen and oxygen atoms in total. The van der Waals surface area contributed by atoms with E-state index in [1.165, 1.54) is 21.9 Å². The van der Waals surface area contributed by atoms with Crippen molar-refractivity contribution in [3.63, 3.8) is 0 Å². The van der Waals surface area contributed by atoms with Crippen LogP contribution in [0.3, 0.4) is 0 Å². The Labute approximate surface area is 221 Å². The Hall–Kier alpha value is -3.98. The quantitative estimate of drug-likeness (QED) is 0.500. The predicted molar refractivity (Wildman–Crippen MR) is 139 cm³/mol. The summed E-state index contributed by atoms with van der Waals surface area (Å²) in [6.07, 6.45) is 3.70. The molecule has 2 aromatic carbocycles. The average Bonchev–Trinajstić information content (AvgIpc) is 3.57. The first-order valence-electron chi connectivity index (χ1n) is 12.9. The van der Waals surface area contributed by atoms with Crippen LogP contribution in [0, 0.1) is 5.82 Å². The van der Waals surface area contributed by atoms with E-state index in [1.807, 2.05) is 30.3 Å². The zero-order valence-corrected chi connectivity index (χ0v) is 21.1. The zero-order chi connectivity index (χ0) is 26.6. The average molecular weight is 519 g/mol. The molecule has 2 aromatic rings. The van der Waals surface area contributed by atoms with Crippen LogP contribution in [0.15, 0.2) is 78.5 Å². The molecule has 9 heteroatoms. The van der Waals surface area contributed by atoms with Crippen molar-refractivity contribution >= 4 is 17.8 Å². The Bertz CT molecular complexity index is 1240. The highest BCUT2D eigenvalue weighted by Crippen LogP contribution is 2.37. The van der Waals surface area contributed by atoms with Crippen molar-refractivity contribution in [2.24, 2.45) is 0 Å². The molecule has 38 heavy (non-hydrogen) atoms. The van der Waals surface area contributed by atoms with Crippen LogP contribution in [0.25, 0.3) is 0 Å². The largest absolute Gasteiger partial charge is 0.376 e. The minimum absolute atomic E-state index is 0.0373. The van der Waals surface area contributed by atoms with E-state index >= 15 is 0 Å². The number of ether oxygens (including phenoxy) is 1. The molecule has 0 aliphatic carbocycles. The van der Waals surface area contributed by atoms with Gasteiger partial charge in [0.15, 0.2) is 0 Å². The molecule has 4 amide bonds. The second-order valence-electron chi connectivity index (χ2n) is 9.71. The lowest BCUT2D eigenvalue weighted by atomic mass is 9.95. The van der Waals surface area contributed by atoms with Crippen LogP contribution in [0.2, 0.25) is 0 Å². The molecule has 0 saturated carbocycles. The fourth-order valence-corrected chi connectivity index (χ4v) is 5.31. The number of urea groups is 1. The highest BCUT2D eigenvalue weighted by molar-refractivity contribution is 6.03. The summed E-state index contributed by atoms with van der Waals surface area (Å²) in [6.45, 7) is 5.11. The van der Waals surface area contributed by atoms with Crippen molar-refractivity contribution in [1.82, 2.24) is 20.4 Å². The molecule has 0 bridgehead atoms. The Balaban J connectivity index is 1.47. The molecule has 0 radical (unpaired) electrons. The first kappa shape index (κ1) is 25.7. The Morgan fingerprint density at radius 3 is 2.63 bits per heavy atom. The molecule has 1 fully saturated rings. The molecule has 0 aromatic heterocycles. The number of carbonyl (C=O) groups excluding carboxylic acids is 3. The second kappa shape index (κ2) is 11.2. The van der Waals surface area contributed by atoms with E-state index in [0.29, 0.717) is 36.4 Å². The van der Waals surface area contributed by atoms with Crippen molar-refractivity contribution in [3.8, 4) is 0 Å². The summed E-state index contributed by atoms with van der Waals surface area (Å²) in [4.78, 5) is 43.7. The predicted octanol–water partition coefficient (Wildman–Crippen LogP) is 3.08. The molecular formula is C29H31FN4O4. The van der Waals surface area contributed by atoms with Crippen molar-refractivity contribution in [1.29, 1.82) is 0 Å². The van der Waals surface area contributed by atoms with E-state index in [0.717, 1.165) is 18.4 Å². The maximum atomic E-state index is 14.0. The molecule has 3 aliphatic heterocycles. The Morgan fingerprint density at radius 1 is 1.18 bits per heavy atom. The first-order valence-corrected chi connectivity index (χ1v) is 12.9. The van der Waals surface area contributed by atoms with Gasteiger partial charge in [-0.1, -0.05) is 48.5 Å². The van der Waals surface area contributed by atoms with Gasteiger partial charge in [0.05, 0.1) is 30.0 Å². The van der Waals surface area contributed by atoms with Gasteiger partial charge in [0.1, 0.15) is 11.9 Å². The summed E-state index contributed by atoms with van der Waals surface area (Å²) in [5, 5.41) is 5.87. The molecule has 0 unspecified atom stereocenters. The van der Waals surface area contributed by atoms with E-state index < -0.39 is 17.9 Å². The molecule has 2 N–H and O–H groups in total. The fourth-order valence-electron chi connectivity index (χ4n) is 5.31. The van der Waals surface area contributed by atoms with Gasteiger partial charge >= 0.3 is 6.03 Å². The molecular weight excluding hydrogens is 487 g/mol. The minimum Gasteiger partial charge on any atom is -0.376 e. The van der Waals surface area contributed by atoms with Gasteiger partial charge in [-0.3, -0.25) is 14.5 Å². The fraction of sp³-hybridized carbons (Fsp3) is 0.345. The molecule has 3 aliphatic rings. The van der Waals surface area contributed by atoms with Gasteiger partial charge in [0.25, 0.3) is 5.91 Å². The topological polar surface area (TPSA) is 91.0 Å². The van der Waals surface area contributed by atoms with E-state index in [9.17, 15) is 18.8 Å². The van der Waals surface area contributed by atoms with Gasteiger partial charge in [-0.2, -0.15) is 0 Å². The van der Waals surface area contributed by atoms with Gasteiger partial charge in [-0.15, -0.1) is 6.58 Å². The van der Waals surface area contributed by atoms with Crippen LogP contribution in [-0.2, 0) is 20.7 Å². The highest BCUT2D eigenvalue weighted by atomic mass is 19.1. The van der Waals surface area contributed by atoms with Crippen LogP contribution in [0.5, 0.6) is 0 Å². The third-order valence-corrected chi connectivity index (χ3v) is 7.24. The lowest BCUT2D eigenvalue weighted by Crippen LogP contribution is -2.51. The lowest BCUT2D eigenvalue weighted by Gasteiger charge is -2.33. The van der Waals surface area contributed by atoms with Crippen molar-refractivity contribution in [2.45, 2.75) is 37.5 Å². The van der Waals surface area contributed by atoms with Crippen LogP contribution in [0.4, 0.5) is 9.18 Å². The van der Waals surface area contributed by atoms with Crippen LogP contribution < -0.4 is 10.6 Å². The third-order valence-electron chi connectivity index (χ3n) is 7.24. The number of hydrogen-bond donors (Lipinski definition) is 2. The normalized spacial score (nSPS) is 21.8. The number of halogens is 1. The molecule has 3 atom stereocenters. The van der Waals surface area contributed by atoms with Crippen molar-refractivity contribution in [2.75, 3.05) is 26.2 Å². The molecule has 198 valence electrons. The second-order valence-corrected chi connectivity index (χ2v) is 9.71. The minimum atomic E-state index is -0.800. The SMILES string of the molecule is C=CCN1C(=O)N[C@H](c2ccc(F)cc2)C2=C1CN([C@@H](Cc1ccccc1)C(=O)NC[C@@H]1CCCO1)C2=O. The maximum Gasteiger partial charge on any atom is 0.322 e. The highest BCUT2D eigenvalue weighted by Gasteiger charge is 2.47. The number of benzene rings is 2. The van der Waals surface area contributed by atoms with Gasteiger partial charge in [0, 0.05) is 26.1 Å². The van der Waals surface area contributed by atoms with Crippen LogP contribution >= 0.6 is 0 Å². The monoisotopic (exact) mass is 518 g/mol. The number of nitrogens with one attached hydrogen (secondary N) is 2. The van der Waals surface area contributed by atoms with Crippen molar-refractivity contribution < 1.29 is 23.5 Å².